The van der Waals surface area contributed by atoms with Crippen molar-refractivity contribution in [1.29, 1.82) is 0 Å². The molecule has 2 aromatic rings. The molecular formula is C12H11ClN2O2S. The van der Waals surface area contributed by atoms with Crippen molar-refractivity contribution < 1.29 is 9.53 Å². The van der Waals surface area contributed by atoms with Crippen molar-refractivity contribution in [2.45, 2.75) is 0 Å². The first-order chi connectivity index (χ1) is 8.61. The Bertz CT molecular complexity index is 570. The van der Waals surface area contributed by atoms with Gasteiger partial charge in [0.05, 0.1) is 23.4 Å². The van der Waals surface area contributed by atoms with Gasteiger partial charge < -0.3 is 15.8 Å². The fourth-order valence-electron chi connectivity index (χ4n) is 1.51. The molecule has 0 aliphatic rings. The van der Waals surface area contributed by atoms with Crippen LogP contribution in [-0.2, 0) is 4.74 Å². The molecule has 94 valence electrons. The molecular weight excluding hydrogens is 272 g/mol. The number of benzene rings is 1. The Morgan fingerprint density at radius 1 is 1.50 bits per heavy atom. The van der Waals surface area contributed by atoms with Crippen molar-refractivity contribution >= 4 is 46.0 Å². The third-order valence-corrected chi connectivity index (χ3v) is 3.29. The smallest absolute Gasteiger partial charge is 0.340 e. The summed E-state index contributed by atoms with van der Waals surface area (Å²) in [4.78, 5) is 11.7. The molecule has 0 saturated carbocycles. The van der Waals surface area contributed by atoms with Gasteiger partial charge in [-0.3, -0.25) is 0 Å². The van der Waals surface area contributed by atoms with E-state index >= 15 is 0 Å². The van der Waals surface area contributed by atoms with Crippen LogP contribution >= 0.6 is 22.9 Å². The van der Waals surface area contributed by atoms with Crippen LogP contribution in [0.25, 0.3) is 0 Å². The van der Waals surface area contributed by atoms with Gasteiger partial charge in [0.25, 0.3) is 0 Å². The lowest BCUT2D eigenvalue weighted by molar-refractivity contribution is 0.0602. The number of esters is 1. The Morgan fingerprint density at radius 2 is 2.28 bits per heavy atom. The van der Waals surface area contributed by atoms with Crippen LogP contribution in [0, 0.1) is 0 Å². The van der Waals surface area contributed by atoms with E-state index in [-0.39, 0.29) is 0 Å². The first-order valence-corrected chi connectivity index (χ1v) is 6.40. The summed E-state index contributed by atoms with van der Waals surface area (Å²) in [5.41, 5.74) is 7.76. The lowest BCUT2D eigenvalue weighted by Crippen LogP contribution is -2.07. The van der Waals surface area contributed by atoms with Crippen LogP contribution < -0.4 is 11.1 Å². The first-order valence-electron chi connectivity index (χ1n) is 5.08. The van der Waals surface area contributed by atoms with E-state index in [1.165, 1.54) is 13.2 Å². The molecule has 2 rings (SSSR count). The molecule has 4 nitrogen and oxygen atoms in total. The minimum Gasteiger partial charge on any atom is -0.465 e. The quantitative estimate of drug-likeness (QED) is 0.668. The number of carbonyl (C=O) groups is 1. The number of hydrogen-bond donors (Lipinski definition) is 2. The number of ether oxygens (including phenoxy) is 1. The zero-order valence-electron chi connectivity index (χ0n) is 9.57. The maximum Gasteiger partial charge on any atom is 0.340 e. The summed E-state index contributed by atoms with van der Waals surface area (Å²) in [6, 6.07) is 5.01. The van der Waals surface area contributed by atoms with E-state index in [1.54, 1.807) is 17.4 Å². The second-order valence-corrected chi connectivity index (χ2v) is 4.74. The summed E-state index contributed by atoms with van der Waals surface area (Å²) >= 11 is 7.65. The van der Waals surface area contributed by atoms with Crippen LogP contribution in [0.3, 0.4) is 0 Å². The fourth-order valence-corrected chi connectivity index (χ4v) is 2.37. The number of anilines is 3. The van der Waals surface area contributed by atoms with Crippen molar-refractivity contribution in [2.75, 3.05) is 18.2 Å². The van der Waals surface area contributed by atoms with Crippen LogP contribution in [0.15, 0.2) is 29.0 Å². The third kappa shape index (κ3) is 2.57. The summed E-state index contributed by atoms with van der Waals surface area (Å²) in [5, 5.41) is 7.29. The monoisotopic (exact) mass is 282 g/mol. The fraction of sp³-hybridized carbons (Fsp3) is 0.0833. The minimum absolute atomic E-state index is 0.314. The van der Waals surface area contributed by atoms with Crippen molar-refractivity contribution in [3.63, 3.8) is 0 Å². The summed E-state index contributed by atoms with van der Waals surface area (Å²) in [5.74, 6) is -0.484. The SMILES string of the molecule is COC(=O)c1cc(N)cc(Cl)c1Nc1ccsc1. The summed E-state index contributed by atoms with van der Waals surface area (Å²) < 4.78 is 4.72. The molecule has 0 aliphatic carbocycles. The maximum absolute atomic E-state index is 11.7. The van der Waals surface area contributed by atoms with Gasteiger partial charge in [-0.05, 0) is 23.6 Å². The summed E-state index contributed by atoms with van der Waals surface area (Å²) in [6.07, 6.45) is 0. The van der Waals surface area contributed by atoms with Gasteiger partial charge in [0.1, 0.15) is 0 Å². The van der Waals surface area contributed by atoms with Gasteiger partial charge in [-0.25, -0.2) is 4.79 Å². The number of methoxy groups -OCH3 is 1. The molecule has 0 spiro atoms. The first kappa shape index (κ1) is 12.7. The highest BCUT2D eigenvalue weighted by Crippen LogP contribution is 2.32. The number of nitrogen functional groups attached to an aromatic ring is 1. The average molecular weight is 283 g/mol. The summed E-state index contributed by atoms with van der Waals surface area (Å²) in [7, 11) is 1.31. The van der Waals surface area contributed by atoms with E-state index < -0.39 is 5.97 Å². The third-order valence-electron chi connectivity index (χ3n) is 2.31. The Kier molecular flexibility index (Phi) is 3.74. The number of nitrogens with two attached hydrogens (primary N) is 1. The molecule has 1 heterocycles. The van der Waals surface area contributed by atoms with Gasteiger partial charge in [-0.2, -0.15) is 11.3 Å². The highest BCUT2D eigenvalue weighted by Gasteiger charge is 2.16. The average Bonchev–Trinajstić information content (AvgIpc) is 2.84. The second-order valence-electron chi connectivity index (χ2n) is 3.55. The molecule has 6 heteroatoms. The van der Waals surface area contributed by atoms with Gasteiger partial charge in [-0.15, -0.1) is 0 Å². The van der Waals surface area contributed by atoms with E-state index in [1.807, 2.05) is 16.8 Å². The zero-order chi connectivity index (χ0) is 13.1. The normalized spacial score (nSPS) is 10.1. The largest absolute Gasteiger partial charge is 0.465 e. The van der Waals surface area contributed by atoms with Gasteiger partial charge in [0.2, 0.25) is 0 Å². The highest BCUT2D eigenvalue weighted by molar-refractivity contribution is 7.08. The predicted molar refractivity (Wildman–Crippen MR) is 74.8 cm³/mol. The molecule has 0 radical (unpaired) electrons. The van der Waals surface area contributed by atoms with Crippen LogP contribution in [-0.4, -0.2) is 13.1 Å². The molecule has 3 N–H and O–H groups in total. The number of rotatable bonds is 3. The van der Waals surface area contributed by atoms with Crippen molar-refractivity contribution in [1.82, 2.24) is 0 Å². The van der Waals surface area contributed by atoms with Gasteiger partial charge in [0, 0.05) is 16.8 Å². The molecule has 0 unspecified atom stereocenters. The van der Waals surface area contributed by atoms with Crippen LogP contribution in [0.1, 0.15) is 10.4 Å². The molecule has 0 bridgehead atoms. The van der Waals surface area contributed by atoms with Crippen LogP contribution in [0.5, 0.6) is 0 Å². The van der Waals surface area contributed by atoms with Gasteiger partial charge >= 0.3 is 5.97 Å². The van der Waals surface area contributed by atoms with Crippen LogP contribution in [0.2, 0.25) is 5.02 Å². The van der Waals surface area contributed by atoms with Crippen molar-refractivity contribution in [3.05, 3.63) is 39.5 Å². The molecule has 18 heavy (non-hydrogen) atoms. The Hall–Kier alpha value is -1.72. The lowest BCUT2D eigenvalue weighted by atomic mass is 10.1. The molecule has 0 amide bonds. The van der Waals surface area contributed by atoms with Crippen molar-refractivity contribution in [2.24, 2.45) is 0 Å². The number of thiophene rings is 1. The Morgan fingerprint density at radius 3 is 2.89 bits per heavy atom. The lowest BCUT2D eigenvalue weighted by Gasteiger charge is -2.12. The van der Waals surface area contributed by atoms with Gasteiger partial charge in [0.15, 0.2) is 0 Å². The standard InChI is InChI=1S/C12H11ClN2O2S/c1-17-12(16)9-4-7(14)5-10(13)11(9)15-8-2-3-18-6-8/h2-6,15H,14H2,1H3. The minimum atomic E-state index is -0.484. The number of nitrogens with one attached hydrogen (secondary N) is 1. The van der Waals surface area contributed by atoms with E-state index in [4.69, 9.17) is 22.1 Å². The Labute approximate surface area is 113 Å². The number of hydrogen-bond acceptors (Lipinski definition) is 5. The second kappa shape index (κ2) is 5.29. The maximum atomic E-state index is 11.7. The zero-order valence-corrected chi connectivity index (χ0v) is 11.1. The highest BCUT2D eigenvalue weighted by atomic mass is 35.5. The van der Waals surface area contributed by atoms with E-state index in [9.17, 15) is 4.79 Å². The number of carbonyl (C=O) groups excluding carboxylic acids is 1. The molecule has 1 aromatic heterocycles. The predicted octanol–water partition coefficient (Wildman–Crippen LogP) is 3.51. The molecule has 1 aromatic carbocycles. The molecule has 0 aliphatic heterocycles. The topological polar surface area (TPSA) is 64.3 Å². The molecule has 0 fully saturated rings. The van der Waals surface area contributed by atoms with Crippen LogP contribution in [0.4, 0.5) is 17.1 Å². The molecule has 0 atom stereocenters. The van der Waals surface area contributed by atoms with Gasteiger partial charge in [-0.1, -0.05) is 11.6 Å². The molecule has 0 saturated heterocycles. The van der Waals surface area contributed by atoms with Crippen molar-refractivity contribution in [3.8, 4) is 0 Å². The van der Waals surface area contributed by atoms with E-state index in [0.29, 0.717) is 22.0 Å². The van der Waals surface area contributed by atoms with E-state index in [2.05, 4.69) is 5.32 Å². The van der Waals surface area contributed by atoms with E-state index in [0.717, 1.165) is 5.69 Å². The number of halogens is 1. The summed E-state index contributed by atoms with van der Waals surface area (Å²) in [6.45, 7) is 0. The Balaban J connectivity index is 2.47.